The highest BCUT2D eigenvalue weighted by atomic mass is 16.3. The Labute approximate surface area is 172 Å². The Kier molecular flexibility index (Phi) is 6.75. The van der Waals surface area contributed by atoms with Crippen LogP contribution >= 0.6 is 0 Å². The minimum absolute atomic E-state index is 0.0114. The van der Waals surface area contributed by atoms with Crippen molar-refractivity contribution in [3.63, 3.8) is 0 Å². The molecular formula is C23H29N3O3. The second-order valence-electron chi connectivity index (χ2n) is 7.78. The van der Waals surface area contributed by atoms with Gasteiger partial charge in [-0.15, -0.1) is 0 Å². The van der Waals surface area contributed by atoms with Crippen LogP contribution in [0.3, 0.4) is 0 Å². The Hall–Kier alpha value is -3.02. The van der Waals surface area contributed by atoms with Crippen LogP contribution in [0.25, 0.3) is 0 Å². The predicted octanol–water partition coefficient (Wildman–Crippen LogP) is 2.42. The molecule has 154 valence electrons. The molecule has 2 amide bonds. The van der Waals surface area contributed by atoms with Crippen LogP contribution < -0.4 is 10.2 Å². The smallest absolute Gasteiger partial charge is 0.245 e. The Morgan fingerprint density at radius 1 is 0.966 bits per heavy atom. The molecule has 6 nitrogen and oxygen atoms in total. The van der Waals surface area contributed by atoms with E-state index in [9.17, 15) is 14.7 Å². The summed E-state index contributed by atoms with van der Waals surface area (Å²) >= 11 is 0. The quantitative estimate of drug-likeness (QED) is 0.788. The fraction of sp³-hybridized carbons (Fsp3) is 0.391. The lowest BCUT2D eigenvalue weighted by molar-refractivity contribution is -0.137. The van der Waals surface area contributed by atoms with Crippen molar-refractivity contribution >= 4 is 17.5 Å². The van der Waals surface area contributed by atoms with Crippen molar-refractivity contribution in [3.05, 3.63) is 60.2 Å². The largest absolute Gasteiger partial charge is 0.508 e. The summed E-state index contributed by atoms with van der Waals surface area (Å²) < 4.78 is 0. The van der Waals surface area contributed by atoms with Crippen LogP contribution in [-0.4, -0.2) is 54.0 Å². The molecule has 1 fully saturated rings. The number of hydrogen-bond acceptors (Lipinski definition) is 4. The van der Waals surface area contributed by atoms with Gasteiger partial charge >= 0.3 is 0 Å². The second kappa shape index (κ2) is 9.45. The molecule has 1 saturated heterocycles. The molecule has 6 heteroatoms. The second-order valence-corrected chi connectivity index (χ2v) is 7.78. The SMILES string of the molecule is CC(C)C(NC(=O)Cc1ccccc1)C(=O)N1CCN(c2ccc(O)cc2)CC1. The van der Waals surface area contributed by atoms with Gasteiger partial charge in [0, 0.05) is 31.9 Å². The van der Waals surface area contributed by atoms with E-state index >= 15 is 0 Å². The Balaban J connectivity index is 1.56. The van der Waals surface area contributed by atoms with Crippen LogP contribution in [-0.2, 0) is 16.0 Å². The summed E-state index contributed by atoms with van der Waals surface area (Å²) in [5.41, 5.74) is 1.97. The van der Waals surface area contributed by atoms with Gasteiger partial charge < -0.3 is 20.2 Å². The van der Waals surface area contributed by atoms with E-state index in [0.29, 0.717) is 13.1 Å². The molecule has 0 saturated carbocycles. The number of nitrogens with one attached hydrogen (secondary N) is 1. The van der Waals surface area contributed by atoms with E-state index in [4.69, 9.17) is 0 Å². The number of rotatable bonds is 6. The zero-order valence-electron chi connectivity index (χ0n) is 17.0. The monoisotopic (exact) mass is 395 g/mol. The molecule has 0 aliphatic carbocycles. The summed E-state index contributed by atoms with van der Waals surface area (Å²) in [5.74, 6) is 0.101. The molecule has 1 atom stereocenters. The van der Waals surface area contributed by atoms with Gasteiger partial charge in [-0.05, 0) is 35.7 Å². The average Bonchev–Trinajstić information content (AvgIpc) is 2.73. The first-order valence-electron chi connectivity index (χ1n) is 10.1. The van der Waals surface area contributed by atoms with Crippen molar-refractivity contribution < 1.29 is 14.7 Å². The Bertz CT molecular complexity index is 813. The number of benzene rings is 2. The van der Waals surface area contributed by atoms with Gasteiger partial charge in [0.1, 0.15) is 11.8 Å². The van der Waals surface area contributed by atoms with Gasteiger partial charge in [-0.3, -0.25) is 9.59 Å². The average molecular weight is 396 g/mol. The lowest BCUT2D eigenvalue weighted by Gasteiger charge is -2.38. The standard InChI is InChI=1S/C23H29N3O3/c1-17(2)22(24-21(28)16-18-6-4-3-5-7-18)23(29)26-14-12-25(13-15-26)19-8-10-20(27)11-9-19/h3-11,17,22,27H,12-16H2,1-2H3,(H,24,28). The zero-order valence-corrected chi connectivity index (χ0v) is 17.0. The maximum atomic E-state index is 13.1. The minimum atomic E-state index is -0.522. The van der Waals surface area contributed by atoms with Crippen LogP contribution in [0.5, 0.6) is 5.75 Å². The number of nitrogens with zero attached hydrogens (tertiary/aromatic N) is 2. The molecule has 1 aliphatic heterocycles. The predicted molar refractivity (Wildman–Crippen MR) is 114 cm³/mol. The molecule has 2 aromatic carbocycles. The number of amides is 2. The van der Waals surface area contributed by atoms with Crippen LogP contribution in [0.1, 0.15) is 19.4 Å². The fourth-order valence-electron chi connectivity index (χ4n) is 3.56. The van der Waals surface area contributed by atoms with Gasteiger partial charge in [0.25, 0.3) is 0 Å². The lowest BCUT2D eigenvalue weighted by atomic mass is 10.0. The van der Waals surface area contributed by atoms with Gasteiger partial charge in [0.05, 0.1) is 6.42 Å². The molecule has 2 N–H and O–H groups in total. The van der Waals surface area contributed by atoms with Gasteiger partial charge in [0.2, 0.25) is 11.8 Å². The molecule has 1 aliphatic rings. The van der Waals surface area contributed by atoms with Crippen molar-refractivity contribution in [3.8, 4) is 5.75 Å². The number of piperazine rings is 1. The molecular weight excluding hydrogens is 366 g/mol. The minimum Gasteiger partial charge on any atom is -0.508 e. The van der Waals surface area contributed by atoms with Crippen molar-refractivity contribution in [2.45, 2.75) is 26.3 Å². The third-order valence-electron chi connectivity index (χ3n) is 5.26. The fourth-order valence-corrected chi connectivity index (χ4v) is 3.56. The van der Waals surface area contributed by atoms with Crippen LogP contribution in [0.4, 0.5) is 5.69 Å². The van der Waals surface area contributed by atoms with E-state index < -0.39 is 6.04 Å². The van der Waals surface area contributed by atoms with E-state index in [1.807, 2.05) is 61.2 Å². The summed E-state index contributed by atoms with van der Waals surface area (Å²) in [6.45, 7) is 6.57. The number of anilines is 1. The van der Waals surface area contributed by atoms with Crippen molar-refractivity contribution in [1.82, 2.24) is 10.2 Å². The van der Waals surface area contributed by atoms with Crippen LogP contribution in [0.2, 0.25) is 0 Å². The Morgan fingerprint density at radius 2 is 1.59 bits per heavy atom. The summed E-state index contributed by atoms with van der Waals surface area (Å²) in [6.07, 6.45) is 0.270. The number of phenolic OH excluding ortho intramolecular Hbond substituents is 1. The summed E-state index contributed by atoms with van der Waals surface area (Å²) in [5, 5.41) is 12.4. The molecule has 0 spiro atoms. The van der Waals surface area contributed by atoms with Crippen molar-refractivity contribution in [2.24, 2.45) is 5.92 Å². The first-order chi connectivity index (χ1) is 13.9. The van der Waals surface area contributed by atoms with Gasteiger partial charge in [-0.25, -0.2) is 0 Å². The molecule has 1 heterocycles. The van der Waals surface area contributed by atoms with E-state index in [2.05, 4.69) is 10.2 Å². The van der Waals surface area contributed by atoms with Gasteiger partial charge in [-0.1, -0.05) is 44.2 Å². The normalized spacial score (nSPS) is 15.3. The number of carbonyl (C=O) groups excluding carboxylic acids is 2. The highest BCUT2D eigenvalue weighted by Gasteiger charge is 2.30. The number of aromatic hydroxyl groups is 1. The number of phenols is 1. The maximum Gasteiger partial charge on any atom is 0.245 e. The third kappa shape index (κ3) is 5.50. The summed E-state index contributed by atoms with van der Waals surface area (Å²) in [4.78, 5) is 29.6. The molecule has 0 bridgehead atoms. The van der Waals surface area contributed by atoms with Crippen molar-refractivity contribution in [1.29, 1.82) is 0 Å². The molecule has 2 aromatic rings. The molecule has 3 rings (SSSR count). The van der Waals surface area contributed by atoms with E-state index in [1.165, 1.54) is 0 Å². The van der Waals surface area contributed by atoms with Crippen LogP contribution in [0, 0.1) is 5.92 Å². The maximum absolute atomic E-state index is 13.1. The summed E-state index contributed by atoms with van der Waals surface area (Å²) in [7, 11) is 0. The van der Waals surface area contributed by atoms with E-state index in [1.54, 1.807) is 12.1 Å². The first-order valence-corrected chi connectivity index (χ1v) is 10.1. The molecule has 0 radical (unpaired) electrons. The first kappa shape index (κ1) is 20.7. The number of carbonyl (C=O) groups is 2. The van der Waals surface area contributed by atoms with Gasteiger partial charge in [0.15, 0.2) is 0 Å². The van der Waals surface area contributed by atoms with E-state index in [0.717, 1.165) is 24.3 Å². The molecule has 29 heavy (non-hydrogen) atoms. The summed E-state index contributed by atoms with van der Waals surface area (Å²) in [6, 6.07) is 16.1. The third-order valence-corrected chi connectivity index (χ3v) is 5.26. The van der Waals surface area contributed by atoms with Gasteiger partial charge in [-0.2, -0.15) is 0 Å². The van der Waals surface area contributed by atoms with E-state index in [-0.39, 0.29) is 29.9 Å². The number of hydrogen-bond donors (Lipinski definition) is 2. The van der Waals surface area contributed by atoms with Crippen LogP contribution in [0.15, 0.2) is 54.6 Å². The highest BCUT2D eigenvalue weighted by Crippen LogP contribution is 2.20. The highest BCUT2D eigenvalue weighted by molar-refractivity contribution is 5.88. The molecule has 1 unspecified atom stereocenters. The zero-order chi connectivity index (χ0) is 20.8. The Morgan fingerprint density at radius 3 is 2.17 bits per heavy atom. The molecule has 0 aromatic heterocycles. The van der Waals surface area contributed by atoms with Crippen molar-refractivity contribution in [2.75, 3.05) is 31.1 Å². The lowest BCUT2D eigenvalue weighted by Crippen LogP contribution is -2.56. The topological polar surface area (TPSA) is 72.9 Å².